The van der Waals surface area contributed by atoms with Crippen molar-refractivity contribution < 1.29 is 14.1 Å². The van der Waals surface area contributed by atoms with Gasteiger partial charge in [-0.2, -0.15) is 0 Å². The van der Waals surface area contributed by atoms with E-state index in [1.165, 1.54) is 38.5 Å². The molecule has 4 fully saturated rings. The monoisotopic (exact) mass is 483 g/mol. The molecule has 186 valence electrons. The van der Waals surface area contributed by atoms with Crippen molar-refractivity contribution >= 4 is 23.6 Å². The molecule has 3 aliphatic carbocycles. The maximum Gasteiger partial charge on any atom is 0.313 e. The third-order valence-corrected chi connectivity index (χ3v) is 12.0. The van der Waals surface area contributed by atoms with Gasteiger partial charge in [0.25, 0.3) is 0 Å². The lowest BCUT2D eigenvalue weighted by molar-refractivity contribution is -0.857. The molecule has 1 aliphatic heterocycles. The number of likely N-dealkylation sites (tertiary alicyclic amines) is 1. The lowest BCUT2D eigenvalue weighted by atomic mass is 9.46. The molecule has 1 N–H and O–H groups in total. The summed E-state index contributed by atoms with van der Waals surface area (Å²) in [7, 11) is 4.34. The van der Waals surface area contributed by atoms with Gasteiger partial charge in [-0.25, -0.2) is 4.79 Å². The average molecular weight is 484 g/mol. The van der Waals surface area contributed by atoms with Crippen molar-refractivity contribution in [3.05, 3.63) is 30.3 Å². The normalized spacial score (nSPS) is 40.7. The Bertz CT molecular complexity index is 933. The first-order valence-corrected chi connectivity index (χ1v) is 14.5. The van der Waals surface area contributed by atoms with E-state index < -0.39 is 0 Å². The van der Waals surface area contributed by atoms with Crippen LogP contribution in [-0.4, -0.2) is 48.7 Å². The molecule has 2 amide bonds. The number of rotatable bonds is 5. The van der Waals surface area contributed by atoms with Gasteiger partial charge in [-0.1, -0.05) is 32.0 Å². The number of fused-ring (bicyclic) bond motifs is 5. The zero-order valence-corrected chi connectivity index (χ0v) is 22.3. The van der Waals surface area contributed by atoms with E-state index in [-0.39, 0.29) is 5.91 Å². The first-order valence-electron chi connectivity index (χ1n) is 13.5. The zero-order chi connectivity index (χ0) is 24.1. The van der Waals surface area contributed by atoms with Gasteiger partial charge >= 0.3 is 5.91 Å². The van der Waals surface area contributed by atoms with Gasteiger partial charge in [0.2, 0.25) is 5.91 Å². The number of benzene rings is 1. The van der Waals surface area contributed by atoms with Gasteiger partial charge in [-0.15, -0.1) is 11.8 Å². The number of hydrogen-bond acceptors (Lipinski definition) is 3. The third-order valence-electron chi connectivity index (χ3n) is 11.0. The molecule has 1 aromatic carbocycles. The van der Waals surface area contributed by atoms with Gasteiger partial charge in [0, 0.05) is 23.3 Å². The summed E-state index contributed by atoms with van der Waals surface area (Å²) in [5.41, 5.74) is 0.641. The molecule has 0 bridgehead atoms. The number of amides is 2. The van der Waals surface area contributed by atoms with Crippen LogP contribution in [0, 0.1) is 34.5 Å². The van der Waals surface area contributed by atoms with Crippen molar-refractivity contribution in [3.8, 4) is 0 Å². The fourth-order valence-electron chi connectivity index (χ4n) is 9.08. The summed E-state index contributed by atoms with van der Waals surface area (Å²) in [4.78, 5) is 26.5. The highest BCUT2D eigenvalue weighted by Crippen LogP contribution is 2.66. The molecule has 34 heavy (non-hydrogen) atoms. The molecule has 4 aliphatic rings. The van der Waals surface area contributed by atoms with Crippen LogP contribution in [-0.2, 0) is 9.59 Å². The second kappa shape index (κ2) is 8.96. The van der Waals surface area contributed by atoms with Gasteiger partial charge < -0.3 is 5.32 Å². The van der Waals surface area contributed by atoms with E-state index in [2.05, 4.69) is 45.4 Å². The first-order chi connectivity index (χ1) is 16.2. The van der Waals surface area contributed by atoms with Crippen LogP contribution in [0.2, 0.25) is 0 Å². The van der Waals surface area contributed by atoms with E-state index in [1.807, 2.05) is 18.2 Å². The molecule has 1 saturated heterocycles. The number of piperidine rings is 1. The van der Waals surface area contributed by atoms with Crippen molar-refractivity contribution in [1.29, 1.82) is 0 Å². The minimum absolute atomic E-state index is 0.162. The quantitative estimate of drug-likeness (QED) is 0.443. The number of quaternary nitrogens is 1. The van der Waals surface area contributed by atoms with Crippen LogP contribution < -0.4 is 5.32 Å². The number of nitrogens with one attached hydrogen (secondary N) is 1. The Morgan fingerprint density at radius 1 is 1.00 bits per heavy atom. The number of hydrogen-bond donors (Lipinski definition) is 1. The Balaban J connectivity index is 1.22. The van der Waals surface area contributed by atoms with Crippen LogP contribution in [0.15, 0.2) is 35.2 Å². The van der Waals surface area contributed by atoms with E-state index in [9.17, 15) is 9.59 Å². The number of thioether (sulfide) groups is 1. The highest BCUT2D eigenvalue weighted by Gasteiger charge is 2.64. The summed E-state index contributed by atoms with van der Waals surface area (Å²) < 4.78 is 0.595. The molecule has 5 heteroatoms. The second-order valence-electron chi connectivity index (χ2n) is 12.6. The van der Waals surface area contributed by atoms with Crippen LogP contribution in [0.3, 0.4) is 0 Å². The van der Waals surface area contributed by atoms with E-state index >= 15 is 0 Å². The SMILES string of the molecule is C[C@]12CCC(=O)[N+](C)(C)[C@@H]1CC[C@@H]1[C@@H]2CC[C@]2(C)[C@@H](CNC(=O)CSc3ccccc3)CC[C@@H]12. The first kappa shape index (κ1) is 24.4. The molecular weight excluding hydrogens is 440 g/mol. The van der Waals surface area contributed by atoms with Gasteiger partial charge in [0.05, 0.1) is 26.3 Å². The van der Waals surface area contributed by atoms with Gasteiger partial charge in [0.1, 0.15) is 6.04 Å². The van der Waals surface area contributed by atoms with Gasteiger partial charge in [0.15, 0.2) is 0 Å². The summed E-state index contributed by atoms with van der Waals surface area (Å²) in [6.07, 6.45) is 9.46. The van der Waals surface area contributed by atoms with Crippen LogP contribution in [0.4, 0.5) is 0 Å². The molecular formula is C29H43N2O2S+. The predicted octanol–water partition coefficient (Wildman–Crippen LogP) is 5.52. The molecule has 7 atom stereocenters. The predicted molar refractivity (Wildman–Crippen MR) is 138 cm³/mol. The average Bonchev–Trinajstić information content (AvgIpc) is 3.16. The highest BCUT2D eigenvalue weighted by atomic mass is 32.2. The highest BCUT2D eigenvalue weighted by molar-refractivity contribution is 8.00. The number of carbonyl (C=O) groups is 2. The maximum atomic E-state index is 12.7. The fraction of sp³-hybridized carbons (Fsp3) is 0.724. The van der Waals surface area contributed by atoms with E-state index in [0.29, 0.717) is 38.9 Å². The van der Waals surface area contributed by atoms with E-state index in [0.717, 1.165) is 42.0 Å². The van der Waals surface area contributed by atoms with Crippen LogP contribution >= 0.6 is 11.8 Å². The molecule has 4 nitrogen and oxygen atoms in total. The van der Waals surface area contributed by atoms with Crippen molar-refractivity contribution in [3.63, 3.8) is 0 Å². The minimum atomic E-state index is 0.162. The largest absolute Gasteiger partial charge is 0.355 e. The Kier molecular flexibility index (Phi) is 6.42. The lowest BCUT2D eigenvalue weighted by Gasteiger charge is -2.62. The standard InChI is InChI=1S/C29H42N2O2S/c1-28-16-14-24-22(11-13-25-29(24,2)17-15-27(33)31(25,3)4)23(28)12-10-20(28)18-30-26(32)19-34-21-8-6-5-7-9-21/h5-9,20,22-25H,10-19H2,1-4H3/p+1/t20-,22+,23+,24+,25-,28-,29-/m1/s1. The van der Waals surface area contributed by atoms with Crippen molar-refractivity contribution in [2.45, 2.75) is 76.2 Å². The van der Waals surface area contributed by atoms with Crippen LogP contribution in [0.5, 0.6) is 0 Å². The Morgan fingerprint density at radius 2 is 1.74 bits per heavy atom. The summed E-state index contributed by atoms with van der Waals surface area (Å²) in [6.45, 7) is 5.90. The fourth-order valence-corrected chi connectivity index (χ4v) is 9.83. The van der Waals surface area contributed by atoms with Gasteiger partial charge in [-0.3, -0.25) is 9.28 Å². The molecule has 3 saturated carbocycles. The molecule has 0 radical (unpaired) electrons. The van der Waals surface area contributed by atoms with Crippen LogP contribution in [0.1, 0.15) is 65.2 Å². The van der Waals surface area contributed by atoms with Crippen molar-refractivity contribution in [2.75, 3.05) is 26.4 Å². The molecule has 5 rings (SSSR count). The zero-order valence-electron chi connectivity index (χ0n) is 21.5. The topological polar surface area (TPSA) is 46.2 Å². The maximum absolute atomic E-state index is 12.7. The van der Waals surface area contributed by atoms with Gasteiger partial charge in [-0.05, 0) is 79.7 Å². The molecule has 0 unspecified atom stereocenters. The Labute approximate surface area is 210 Å². The van der Waals surface area contributed by atoms with Crippen molar-refractivity contribution in [2.24, 2.45) is 34.5 Å². The van der Waals surface area contributed by atoms with E-state index in [1.54, 1.807) is 11.8 Å². The summed E-state index contributed by atoms with van der Waals surface area (Å²) in [6, 6.07) is 10.7. The summed E-state index contributed by atoms with van der Waals surface area (Å²) in [5, 5.41) is 3.29. The second-order valence-corrected chi connectivity index (χ2v) is 13.7. The van der Waals surface area contributed by atoms with Crippen molar-refractivity contribution in [1.82, 2.24) is 5.32 Å². The number of nitrogens with zero attached hydrogens (tertiary/aromatic N) is 1. The smallest absolute Gasteiger partial charge is 0.313 e. The molecule has 1 aromatic rings. The summed E-state index contributed by atoms with van der Waals surface area (Å²) in [5.74, 6) is 4.01. The summed E-state index contributed by atoms with van der Waals surface area (Å²) >= 11 is 1.62. The lowest BCUT2D eigenvalue weighted by Crippen LogP contribution is -2.68. The third kappa shape index (κ3) is 3.95. The molecule has 1 heterocycles. The molecule has 0 spiro atoms. The van der Waals surface area contributed by atoms with E-state index in [4.69, 9.17) is 0 Å². The Hall–Kier alpha value is -1.33. The Morgan fingerprint density at radius 3 is 2.50 bits per heavy atom. The van der Waals surface area contributed by atoms with Crippen LogP contribution in [0.25, 0.3) is 0 Å². The molecule has 0 aromatic heterocycles. The number of carbonyl (C=O) groups excluding carboxylic acids is 2. The minimum Gasteiger partial charge on any atom is -0.355 e.